The average molecular weight is 376 g/mol. The SMILES string of the molecule is CCCCOc1ccccc1C(CC(F)(C(F)(F)F)C(F)(F)F)OC. The van der Waals surface area contributed by atoms with E-state index in [9.17, 15) is 30.7 Å². The molecule has 0 aliphatic rings. The number of hydrogen-bond acceptors (Lipinski definition) is 2. The molecule has 0 bridgehead atoms. The predicted molar refractivity (Wildman–Crippen MR) is 77.2 cm³/mol. The molecule has 0 N–H and O–H groups in total. The van der Waals surface area contributed by atoms with Gasteiger partial charge in [-0.2, -0.15) is 26.3 Å². The molecular formula is C16H19F7O2. The van der Waals surface area contributed by atoms with E-state index in [-0.39, 0.29) is 17.9 Å². The van der Waals surface area contributed by atoms with Gasteiger partial charge in [0, 0.05) is 19.1 Å². The molecule has 1 rings (SSSR count). The van der Waals surface area contributed by atoms with Crippen molar-refractivity contribution in [3.63, 3.8) is 0 Å². The molecule has 0 aliphatic carbocycles. The van der Waals surface area contributed by atoms with Gasteiger partial charge in [-0.25, -0.2) is 4.39 Å². The molecule has 9 heteroatoms. The first-order chi connectivity index (χ1) is 11.5. The Hall–Kier alpha value is -1.51. The third-order valence-electron chi connectivity index (χ3n) is 3.67. The monoisotopic (exact) mass is 376 g/mol. The third kappa shape index (κ3) is 4.99. The molecule has 0 saturated carbocycles. The van der Waals surface area contributed by atoms with Crippen molar-refractivity contribution in [3.8, 4) is 5.75 Å². The van der Waals surface area contributed by atoms with Crippen LogP contribution in [0, 0.1) is 0 Å². The van der Waals surface area contributed by atoms with Crippen LogP contribution in [0.4, 0.5) is 30.7 Å². The summed E-state index contributed by atoms with van der Waals surface area (Å²) in [5.41, 5.74) is -5.46. The molecule has 1 aromatic carbocycles. The Labute approximate surface area is 140 Å². The molecule has 1 atom stereocenters. The van der Waals surface area contributed by atoms with E-state index in [4.69, 9.17) is 9.47 Å². The first-order valence-corrected chi connectivity index (χ1v) is 7.54. The minimum Gasteiger partial charge on any atom is -0.493 e. The van der Waals surface area contributed by atoms with E-state index in [1.807, 2.05) is 6.92 Å². The normalized spacial score (nSPS) is 14.4. The fourth-order valence-corrected chi connectivity index (χ4v) is 2.17. The quantitative estimate of drug-likeness (QED) is 0.423. The Morgan fingerprint density at radius 2 is 1.52 bits per heavy atom. The number of ether oxygens (including phenoxy) is 2. The zero-order chi connectivity index (χ0) is 19.3. The molecule has 0 fully saturated rings. The van der Waals surface area contributed by atoms with Crippen LogP contribution in [0.15, 0.2) is 24.3 Å². The number of alkyl halides is 7. The first-order valence-electron chi connectivity index (χ1n) is 7.54. The lowest BCUT2D eigenvalue weighted by molar-refractivity contribution is -0.348. The number of rotatable bonds is 8. The van der Waals surface area contributed by atoms with Gasteiger partial charge in [0.25, 0.3) is 0 Å². The molecule has 0 aliphatic heterocycles. The molecule has 0 radical (unpaired) electrons. The average Bonchev–Trinajstić information content (AvgIpc) is 2.51. The van der Waals surface area contributed by atoms with E-state index in [2.05, 4.69) is 0 Å². The zero-order valence-electron chi connectivity index (χ0n) is 13.7. The number of unbranched alkanes of at least 4 members (excludes halogenated alkanes) is 1. The van der Waals surface area contributed by atoms with Gasteiger partial charge in [0.1, 0.15) is 5.75 Å². The van der Waals surface area contributed by atoms with Gasteiger partial charge in [-0.15, -0.1) is 0 Å². The second-order valence-corrected chi connectivity index (χ2v) is 5.46. The Bertz CT molecular complexity index is 526. The minimum atomic E-state index is -6.12. The van der Waals surface area contributed by atoms with Crippen molar-refractivity contribution in [2.75, 3.05) is 13.7 Å². The molecule has 0 heterocycles. The van der Waals surface area contributed by atoms with Gasteiger partial charge < -0.3 is 9.47 Å². The Kier molecular flexibility index (Phi) is 7.10. The van der Waals surface area contributed by atoms with Gasteiger partial charge in [0.2, 0.25) is 0 Å². The lowest BCUT2D eigenvalue weighted by atomic mass is 9.92. The maximum absolute atomic E-state index is 14.0. The zero-order valence-corrected chi connectivity index (χ0v) is 13.7. The molecule has 1 unspecified atom stereocenters. The largest absolute Gasteiger partial charge is 0.493 e. The highest BCUT2D eigenvalue weighted by atomic mass is 19.4. The molecule has 25 heavy (non-hydrogen) atoms. The van der Waals surface area contributed by atoms with Crippen molar-refractivity contribution in [2.24, 2.45) is 0 Å². The van der Waals surface area contributed by atoms with Crippen molar-refractivity contribution in [1.29, 1.82) is 0 Å². The molecule has 1 aromatic rings. The topological polar surface area (TPSA) is 18.5 Å². The Morgan fingerprint density at radius 3 is 2.00 bits per heavy atom. The fourth-order valence-electron chi connectivity index (χ4n) is 2.17. The smallest absolute Gasteiger partial charge is 0.431 e. The highest BCUT2D eigenvalue weighted by Gasteiger charge is 2.72. The summed E-state index contributed by atoms with van der Waals surface area (Å²) in [6.45, 7) is 2.11. The van der Waals surface area contributed by atoms with Crippen molar-refractivity contribution >= 4 is 0 Å². The van der Waals surface area contributed by atoms with Crippen LogP contribution in [-0.2, 0) is 4.74 Å². The molecule has 0 spiro atoms. The summed E-state index contributed by atoms with van der Waals surface area (Å²) in [5, 5.41) is 0. The second-order valence-electron chi connectivity index (χ2n) is 5.46. The number of benzene rings is 1. The lowest BCUT2D eigenvalue weighted by Gasteiger charge is -2.33. The van der Waals surface area contributed by atoms with Gasteiger partial charge in [-0.05, 0) is 12.5 Å². The van der Waals surface area contributed by atoms with Crippen molar-refractivity contribution in [1.82, 2.24) is 0 Å². The molecule has 0 amide bonds. The maximum Gasteiger partial charge on any atom is 0.431 e. The van der Waals surface area contributed by atoms with E-state index in [1.54, 1.807) is 0 Å². The molecule has 2 nitrogen and oxygen atoms in total. The lowest BCUT2D eigenvalue weighted by Crippen LogP contribution is -2.54. The van der Waals surface area contributed by atoms with Crippen molar-refractivity contribution in [3.05, 3.63) is 29.8 Å². The minimum absolute atomic E-state index is 0.0644. The second kappa shape index (κ2) is 8.25. The van der Waals surface area contributed by atoms with Crippen molar-refractivity contribution < 1.29 is 40.2 Å². The summed E-state index contributed by atoms with van der Waals surface area (Å²) in [4.78, 5) is 0. The molecular weight excluding hydrogens is 357 g/mol. The Balaban J connectivity index is 3.18. The fraction of sp³-hybridized carbons (Fsp3) is 0.625. The summed E-state index contributed by atoms with van der Waals surface area (Å²) < 4.78 is 101. The summed E-state index contributed by atoms with van der Waals surface area (Å²) in [6, 6.07) is 5.55. The summed E-state index contributed by atoms with van der Waals surface area (Å²) >= 11 is 0. The Morgan fingerprint density at radius 1 is 0.960 bits per heavy atom. The molecule has 0 aromatic heterocycles. The van der Waals surface area contributed by atoms with E-state index in [0.29, 0.717) is 6.42 Å². The van der Waals surface area contributed by atoms with Crippen LogP contribution in [0.25, 0.3) is 0 Å². The predicted octanol–water partition coefficient (Wildman–Crippen LogP) is 5.78. The van der Waals surface area contributed by atoms with Crippen LogP contribution in [0.2, 0.25) is 0 Å². The van der Waals surface area contributed by atoms with Crippen LogP contribution < -0.4 is 4.74 Å². The molecule has 144 valence electrons. The van der Waals surface area contributed by atoms with Gasteiger partial charge in [-0.3, -0.25) is 0 Å². The summed E-state index contributed by atoms with van der Waals surface area (Å²) in [7, 11) is 0.917. The van der Waals surface area contributed by atoms with Crippen LogP contribution >= 0.6 is 0 Å². The highest BCUT2D eigenvalue weighted by molar-refractivity contribution is 5.35. The van der Waals surface area contributed by atoms with Crippen LogP contribution in [0.3, 0.4) is 0 Å². The van der Waals surface area contributed by atoms with Crippen LogP contribution in [0.1, 0.15) is 37.9 Å². The number of methoxy groups -OCH3 is 1. The third-order valence-corrected chi connectivity index (χ3v) is 3.67. The summed E-state index contributed by atoms with van der Waals surface area (Å²) in [6.07, 6.45) is -14.6. The molecule has 0 saturated heterocycles. The number of para-hydroxylation sites is 1. The number of halogens is 7. The first kappa shape index (κ1) is 21.5. The van der Waals surface area contributed by atoms with E-state index in [1.165, 1.54) is 24.3 Å². The maximum atomic E-state index is 14.0. The van der Waals surface area contributed by atoms with Crippen LogP contribution in [0.5, 0.6) is 5.75 Å². The van der Waals surface area contributed by atoms with Gasteiger partial charge in [0.05, 0.1) is 12.7 Å². The summed E-state index contributed by atoms with van der Waals surface area (Å²) in [5.74, 6) is 0.0644. The highest BCUT2D eigenvalue weighted by Crippen LogP contribution is 2.51. The van der Waals surface area contributed by atoms with E-state index >= 15 is 0 Å². The van der Waals surface area contributed by atoms with Gasteiger partial charge in [-0.1, -0.05) is 31.5 Å². The van der Waals surface area contributed by atoms with Gasteiger partial charge >= 0.3 is 18.0 Å². The van der Waals surface area contributed by atoms with Crippen LogP contribution in [-0.4, -0.2) is 31.7 Å². The van der Waals surface area contributed by atoms with E-state index in [0.717, 1.165) is 13.5 Å². The van der Waals surface area contributed by atoms with Crippen molar-refractivity contribution in [2.45, 2.75) is 50.3 Å². The van der Waals surface area contributed by atoms with E-state index < -0.39 is 30.5 Å². The standard InChI is InChI=1S/C16H19F7O2/c1-3-4-9-25-12-8-6-5-7-11(12)13(24-2)10-14(17,15(18,19)20)16(21,22)23/h5-8,13H,3-4,9-10H2,1-2H3. The van der Waals surface area contributed by atoms with Gasteiger partial charge in [0.15, 0.2) is 0 Å². The number of hydrogen-bond donors (Lipinski definition) is 0.